The van der Waals surface area contributed by atoms with Crippen LogP contribution in [0.4, 0.5) is 0 Å². The molecule has 2 aromatic rings. The first-order chi connectivity index (χ1) is 11.2. The highest BCUT2D eigenvalue weighted by Gasteiger charge is 2.34. The molecule has 2 fully saturated rings. The van der Waals surface area contributed by atoms with Gasteiger partial charge < -0.3 is 10.6 Å². The van der Waals surface area contributed by atoms with Crippen molar-refractivity contribution in [3.05, 3.63) is 40.4 Å². The van der Waals surface area contributed by atoms with E-state index in [0.717, 1.165) is 23.4 Å². The Morgan fingerprint density at radius 3 is 2.64 bits per heavy atom. The predicted octanol–water partition coefficient (Wildman–Crippen LogP) is 4.32. The molecule has 8 heteroatoms. The number of hydrogen-bond acceptors (Lipinski definition) is 4. The Morgan fingerprint density at radius 2 is 1.96 bits per heavy atom. The molecule has 4 rings (SSSR count). The van der Waals surface area contributed by atoms with Gasteiger partial charge in [-0.25, -0.2) is 4.98 Å². The summed E-state index contributed by atoms with van der Waals surface area (Å²) in [6.45, 7) is 0. The zero-order valence-electron chi connectivity index (χ0n) is 13.4. The lowest BCUT2D eigenvalue weighted by molar-refractivity contribution is 0.0919. The lowest BCUT2D eigenvalue weighted by atomic mass is 10.00. The number of thiazole rings is 1. The number of amides is 1. The molecule has 1 aromatic heterocycles. The minimum atomic E-state index is -0.0687. The number of benzene rings is 1. The minimum absolute atomic E-state index is 0. The van der Waals surface area contributed by atoms with E-state index in [9.17, 15) is 4.79 Å². The summed E-state index contributed by atoms with van der Waals surface area (Å²) in [7, 11) is 0. The molecule has 0 saturated carbocycles. The lowest BCUT2D eigenvalue weighted by Crippen LogP contribution is -2.48. The molecule has 2 N–H and O–H groups in total. The smallest absolute Gasteiger partial charge is 0.270 e. The Hall–Kier alpha value is -0.850. The normalized spacial score (nSPS) is 24.1. The van der Waals surface area contributed by atoms with E-state index < -0.39 is 0 Å². The minimum Gasteiger partial charge on any atom is -0.348 e. The SMILES string of the molecule is Cl.Cl.O=C(NC1CC2CCC(C1)N2)c1csc(-c2cccc(Cl)c2)n1. The molecule has 2 aliphatic heterocycles. The molecule has 4 nitrogen and oxygen atoms in total. The zero-order valence-corrected chi connectivity index (χ0v) is 16.6. The number of carbonyl (C=O) groups is 1. The van der Waals surface area contributed by atoms with E-state index in [4.69, 9.17) is 11.6 Å². The van der Waals surface area contributed by atoms with Gasteiger partial charge in [0.1, 0.15) is 10.7 Å². The van der Waals surface area contributed by atoms with Crippen molar-refractivity contribution in [2.75, 3.05) is 0 Å². The van der Waals surface area contributed by atoms with E-state index in [1.807, 2.05) is 29.6 Å². The second kappa shape index (κ2) is 8.69. The van der Waals surface area contributed by atoms with Crippen LogP contribution >= 0.6 is 47.8 Å². The molecule has 2 unspecified atom stereocenters. The molecule has 1 amide bonds. The van der Waals surface area contributed by atoms with Crippen molar-refractivity contribution in [3.8, 4) is 10.6 Å². The van der Waals surface area contributed by atoms with E-state index in [0.29, 0.717) is 22.8 Å². The van der Waals surface area contributed by atoms with Crippen molar-refractivity contribution in [3.63, 3.8) is 0 Å². The maximum absolute atomic E-state index is 12.4. The number of carbonyl (C=O) groups excluding carboxylic acids is 1. The van der Waals surface area contributed by atoms with Crippen molar-refractivity contribution < 1.29 is 4.79 Å². The van der Waals surface area contributed by atoms with Gasteiger partial charge >= 0.3 is 0 Å². The number of piperidine rings is 1. The van der Waals surface area contributed by atoms with Gasteiger partial charge in [-0.3, -0.25) is 4.79 Å². The molecule has 2 aliphatic rings. The van der Waals surface area contributed by atoms with Gasteiger partial charge in [0.2, 0.25) is 0 Å². The second-order valence-electron chi connectivity index (χ2n) is 6.33. The number of rotatable bonds is 3. The molecule has 2 saturated heterocycles. The van der Waals surface area contributed by atoms with Crippen LogP contribution in [0.25, 0.3) is 10.6 Å². The largest absolute Gasteiger partial charge is 0.348 e. The maximum Gasteiger partial charge on any atom is 0.270 e. The maximum atomic E-state index is 12.4. The Labute approximate surface area is 168 Å². The number of nitrogens with one attached hydrogen (secondary N) is 2. The molecule has 3 heterocycles. The molecule has 0 spiro atoms. The third-order valence-corrected chi connectivity index (χ3v) is 5.74. The Balaban J connectivity index is 0.00000113. The lowest BCUT2D eigenvalue weighted by Gasteiger charge is -2.29. The molecule has 25 heavy (non-hydrogen) atoms. The highest BCUT2D eigenvalue weighted by molar-refractivity contribution is 7.13. The van der Waals surface area contributed by atoms with Gasteiger partial charge in [-0.1, -0.05) is 23.7 Å². The van der Waals surface area contributed by atoms with Gasteiger partial charge in [0.05, 0.1) is 0 Å². The summed E-state index contributed by atoms with van der Waals surface area (Å²) < 4.78 is 0. The Kier molecular flexibility index (Phi) is 7.11. The quantitative estimate of drug-likeness (QED) is 0.777. The monoisotopic (exact) mass is 419 g/mol. The standard InChI is InChI=1S/C17H18ClN3OS.2ClH/c18-11-3-1-2-10(6-11)17-21-15(9-23-17)16(22)20-14-7-12-4-5-13(8-14)19-12;;/h1-3,6,9,12-14,19H,4-5,7-8H2,(H,20,22);2*1H. The summed E-state index contributed by atoms with van der Waals surface area (Å²) in [5.41, 5.74) is 1.44. The van der Waals surface area contributed by atoms with Gasteiger partial charge in [-0.2, -0.15) is 0 Å². The fraction of sp³-hybridized carbons (Fsp3) is 0.412. The van der Waals surface area contributed by atoms with Crippen LogP contribution in [0.15, 0.2) is 29.6 Å². The average molecular weight is 421 g/mol. The van der Waals surface area contributed by atoms with E-state index in [1.165, 1.54) is 24.2 Å². The molecule has 0 aliphatic carbocycles. The predicted molar refractivity (Wildman–Crippen MR) is 107 cm³/mol. The number of halogens is 3. The van der Waals surface area contributed by atoms with Crippen LogP contribution in [-0.4, -0.2) is 29.0 Å². The number of nitrogens with zero attached hydrogens (tertiary/aromatic N) is 1. The summed E-state index contributed by atoms with van der Waals surface area (Å²) in [4.78, 5) is 16.9. The summed E-state index contributed by atoms with van der Waals surface area (Å²) in [5, 5.41) is 10.1. The Bertz CT molecular complexity index is 727. The average Bonchev–Trinajstić information content (AvgIpc) is 3.14. The van der Waals surface area contributed by atoms with Crippen molar-refractivity contribution in [2.45, 2.75) is 43.8 Å². The summed E-state index contributed by atoms with van der Waals surface area (Å²) in [6, 6.07) is 8.94. The molecule has 2 bridgehead atoms. The molecule has 2 atom stereocenters. The highest BCUT2D eigenvalue weighted by atomic mass is 35.5. The second-order valence-corrected chi connectivity index (χ2v) is 7.62. The van der Waals surface area contributed by atoms with E-state index in [1.54, 1.807) is 0 Å². The topological polar surface area (TPSA) is 54.0 Å². The summed E-state index contributed by atoms with van der Waals surface area (Å²) >= 11 is 7.49. The zero-order chi connectivity index (χ0) is 15.8. The first kappa shape index (κ1) is 20.5. The van der Waals surface area contributed by atoms with Crippen LogP contribution in [0.1, 0.15) is 36.2 Å². The van der Waals surface area contributed by atoms with Crippen molar-refractivity contribution in [1.82, 2.24) is 15.6 Å². The molecule has 136 valence electrons. The summed E-state index contributed by atoms with van der Waals surface area (Å²) in [5.74, 6) is -0.0687. The van der Waals surface area contributed by atoms with Crippen molar-refractivity contribution in [2.24, 2.45) is 0 Å². The van der Waals surface area contributed by atoms with E-state index in [2.05, 4.69) is 15.6 Å². The first-order valence-electron chi connectivity index (χ1n) is 7.96. The molecule has 1 aromatic carbocycles. The van der Waals surface area contributed by atoms with Crippen LogP contribution in [0, 0.1) is 0 Å². The third-order valence-electron chi connectivity index (χ3n) is 4.62. The van der Waals surface area contributed by atoms with E-state index >= 15 is 0 Å². The van der Waals surface area contributed by atoms with Gasteiger partial charge in [0.25, 0.3) is 5.91 Å². The van der Waals surface area contributed by atoms with Gasteiger partial charge in [-0.15, -0.1) is 36.2 Å². The van der Waals surface area contributed by atoms with Gasteiger partial charge in [0.15, 0.2) is 0 Å². The Morgan fingerprint density at radius 1 is 1.24 bits per heavy atom. The van der Waals surface area contributed by atoms with Gasteiger partial charge in [-0.05, 0) is 37.8 Å². The van der Waals surface area contributed by atoms with Crippen LogP contribution in [0.5, 0.6) is 0 Å². The molecular weight excluding hydrogens is 401 g/mol. The number of aromatic nitrogens is 1. The van der Waals surface area contributed by atoms with Crippen molar-refractivity contribution >= 4 is 53.7 Å². The van der Waals surface area contributed by atoms with Crippen LogP contribution < -0.4 is 10.6 Å². The molecule has 0 radical (unpaired) electrons. The first-order valence-corrected chi connectivity index (χ1v) is 9.21. The van der Waals surface area contributed by atoms with Gasteiger partial charge in [0, 0.05) is 34.1 Å². The fourth-order valence-corrected chi connectivity index (χ4v) is 4.55. The van der Waals surface area contributed by atoms with E-state index in [-0.39, 0.29) is 36.8 Å². The fourth-order valence-electron chi connectivity index (χ4n) is 3.57. The summed E-state index contributed by atoms with van der Waals surface area (Å²) in [6.07, 6.45) is 4.50. The number of fused-ring (bicyclic) bond motifs is 2. The molecular formula is C17H20Cl3N3OS. The van der Waals surface area contributed by atoms with Crippen LogP contribution in [-0.2, 0) is 0 Å². The third kappa shape index (κ3) is 4.66. The van der Waals surface area contributed by atoms with Crippen LogP contribution in [0.3, 0.4) is 0 Å². The number of hydrogen-bond donors (Lipinski definition) is 2. The van der Waals surface area contributed by atoms with Crippen LogP contribution in [0.2, 0.25) is 5.02 Å². The van der Waals surface area contributed by atoms with Crippen molar-refractivity contribution in [1.29, 1.82) is 0 Å². The highest BCUT2D eigenvalue weighted by Crippen LogP contribution is 2.28.